The summed E-state index contributed by atoms with van der Waals surface area (Å²) in [6, 6.07) is 5.41. The van der Waals surface area contributed by atoms with Gasteiger partial charge in [0, 0.05) is 24.3 Å². The summed E-state index contributed by atoms with van der Waals surface area (Å²) in [4.78, 5) is 4.37. The summed E-state index contributed by atoms with van der Waals surface area (Å²) >= 11 is 0. The van der Waals surface area contributed by atoms with Crippen LogP contribution < -0.4 is 5.32 Å². The summed E-state index contributed by atoms with van der Waals surface area (Å²) in [6.45, 7) is 0. The molecule has 2 saturated heterocycles. The molecule has 3 nitrogen and oxygen atoms in total. The van der Waals surface area contributed by atoms with Gasteiger partial charge in [0.05, 0.1) is 6.26 Å². The fourth-order valence-electron chi connectivity index (χ4n) is 3.27. The molecule has 3 unspecified atom stereocenters. The van der Waals surface area contributed by atoms with E-state index < -0.39 is 0 Å². The van der Waals surface area contributed by atoms with Crippen LogP contribution in [0.4, 0.5) is 0 Å². The minimum Gasteiger partial charge on any atom is -0.463 e. The van der Waals surface area contributed by atoms with Gasteiger partial charge in [0.15, 0.2) is 5.58 Å². The van der Waals surface area contributed by atoms with Gasteiger partial charge in [0.25, 0.3) is 0 Å². The molecular weight excluding hydrogens is 224 g/mol. The van der Waals surface area contributed by atoms with E-state index in [0.29, 0.717) is 12.0 Å². The summed E-state index contributed by atoms with van der Waals surface area (Å²) in [5, 5.41) is 3.65. The van der Waals surface area contributed by atoms with Gasteiger partial charge in [-0.05, 0) is 36.8 Å². The zero-order valence-corrected chi connectivity index (χ0v) is 10.2. The normalized spacial score (nSPS) is 30.8. The second-order valence-corrected chi connectivity index (χ2v) is 5.38. The van der Waals surface area contributed by atoms with Gasteiger partial charge >= 0.3 is 0 Å². The van der Waals surface area contributed by atoms with Crippen LogP contribution in [0.15, 0.2) is 35.1 Å². The summed E-state index contributed by atoms with van der Waals surface area (Å²) < 4.78 is 5.37. The predicted octanol–water partition coefficient (Wildman–Crippen LogP) is 2.98. The first-order valence-corrected chi connectivity index (χ1v) is 6.66. The summed E-state index contributed by atoms with van der Waals surface area (Å²) in [6.07, 6.45) is 12.1. The molecule has 0 radical (unpaired) electrons. The first-order valence-electron chi connectivity index (χ1n) is 6.66. The van der Waals surface area contributed by atoms with Crippen LogP contribution in [0, 0.1) is 5.92 Å². The summed E-state index contributed by atoms with van der Waals surface area (Å²) in [5.41, 5.74) is 2.91. The fourth-order valence-corrected chi connectivity index (χ4v) is 3.27. The van der Waals surface area contributed by atoms with Gasteiger partial charge < -0.3 is 9.73 Å². The predicted molar refractivity (Wildman–Crippen MR) is 71.1 cm³/mol. The maximum atomic E-state index is 5.37. The molecule has 0 aliphatic carbocycles. The SMILES string of the molecule is C(=CC1CC2CCC1N2)c1cnc2ccoc2c1. The van der Waals surface area contributed by atoms with Gasteiger partial charge in [-0.25, -0.2) is 0 Å². The van der Waals surface area contributed by atoms with Crippen molar-refractivity contribution in [3.63, 3.8) is 0 Å². The highest BCUT2D eigenvalue weighted by atomic mass is 16.3. The molecule has 92 valence electrons. The number of hydrogen-bond acceptors (Lipinski definition) is 3. The molecule has 2 aromatic heterocycles. The molecule has 2 aliphatic heterocycles. The van der Waals surface area contributed by atoms with Crippen molar-refractivity contribution in [3.05, 3.63) is 36.2 Å². The van der Waals surface area contributed by atoms with E-state index in [1.165, 1.54) is 19.3 Å². The van der Waals surface area contributed by atoms with Crippen LogP contribution in [0.5, 0.6) is 0 Å². The van der Waals surface area contributed by atoms with Crippen molar-refractivity contribution >= 4 is 17.2 Å². The minimum absolute atomic E-state index is 0.691. The lowest BCUT2D eigenvalue weighted by molar-refractivity contribution is 0.481. The van der Waals surface area contributed by atoms with Crippen molar-refractivity contribution < 1.29 is 4.42 Å². The standard InChI is InChI=1S/C15H16N2O/c1(2-11-8-12-3-4-13(11)17-12)10-7-15-14(16-9-10)5-6-18-15/h1-2,5-7,9,11-13,17H,3-4,8H2. The molecule has 2 fully saturated rings. The first kappa shape index (κ1) is 10.3. The third-order valence-electron chi connectivity index (χ3n) is 4.21. The van der Waals surface area contributed by atoms with E-state index in [1.54, 1.807) is 6.26 Å². The smallest absolute Gasteiger partial charge is 0.152 e. The van der Waals surface area contributed by atoms with Crippen LogP contribution in [0.1, 0.15) is 24.8 Å². The Morgan fingerprint density at radius 2 is 2.39 bits per heavy atom. The van der Waals surface area contributed by atoms with Gasteiger partial charge in [-0.15, -0.1) is 0 Å². The van der Waals surface area contributed by atoms with E-state index in [0.717, 1.165) is 22.7 Å². The van der Waals surface area contributed by atoms with E-state index in [4.69, 9.17) is 4.42 Å². The Kier molecular flexibility index (Phi) is 2.27. The number of nitrogens with zero attached hydrogens (tertiary/aromatic N) is 1. The molecule has 1 N–H and O–H groups in total. The maximum Gasteiger partial charge on any atom is 0.152 e. The molecular formula is C15H16N2O. The number of pyridine rings is 1. The van der Waals surface area contributed by atoms with E-state index in [9.17, 15) is 0 Å². The monoisotopic (exact) mass is 240 g/mol. The molecule has 2 aromatic rings. The maximum absolute atomic E-state index is 5.37. The molecule has 0 spiro atoms. The Bertz CT molecular complexity index is 601. The van der Waals surface area contributed by atoms with Gasteiger partial charge in [0.1, 0.15) is 5.52 Å². The largest absolute Gasteiger partial charge is 0.463 e. The molecule has 2 aliphatic rings. The van der Waals surface area contributed by atoms with Crippen LogP contribution in [-0.2, 0) is 0 Å². The number of aromatic nitrogens is 1. The Morgan fingerprint density at radius 1 is 1.39 bits per heavy atom. The quantitative estimate of drug-likeness (QED) is 0.877. The van der Waals surface area contributed by atoms with Gasteiger partial charge in [-0.2, -0.15) is 0 Å². The van der Waals surface area contributed by atoms with E-state index in [-0.39, 0.29) is 0 Å². The van der Waals surface area contributed by atoms with E-state index in [1.807, 2.05) is 12.3 Å². The average molecular weight is 240 g/mol. The molecule has 4 heterocycles. The molecule has 2 bridgehead atoms. The fraction of sp³-hybridized carbons (Fsp3) is 0.400. The van der Waals surface area contributed by atoms with Gasteiger partial charge in [0.2, 0.25) is 0 Å². The molecule has 0 saturated carbocycles. The van der Waals surface area contributed by atoms with Gasteiger partial charge in [-0.3, -0.25) is 4.98 Å². The molecule has 0 aromatic carbocycles. The lowest BCUT2D eigenvalue weighted by Gasteiger charge is -2.15. The molecule has 4 rings (SSSR count). The third kappa shape index (κ3) is 1.66. The lowest BCUT2D eigenvalue weighted by atomic mass is 9.89. The number of rotatable bonds is 2. The topological polar surface area (TPSA) is 38.1 Å². The second kappa shape index (κ2) is 3.95. The van der Waals surface area contributed by atoms with Crippen molar-refractivity contribution in [1.82, 2.24) is 10.3 Å². The highest BCUT2D eigenvalue weighted by Gasteiger charge is 2.37. The van der Waals surface area contributed by atoms with Crippen LogP contribution in [0.2, 0.25) is 0 Å². The highest BCUT2D eigenvalue weighted by molar-refractivity contribution is 5.74. The Hall–Kier alpha value is -1.61. The first-order chi connectivity index (χ1) is 8.88. The minimum atomic E-state index is 0.691. The van der Waals surface area contributed by atoms with E-state index in [2.05, 4.69) is 28.5 Å². The van der Waals surface area contributed by atoms with Crippen molar-refractivity contribution in [2.24, 2.45) is 5.92 Å². The number of fused-ring (bicyclic) bond motifs is 3. The molecule has 0 amide bonds. The lowest BCUT2D eigenvalue weighted by Crippen LogP contribution is -2.21. The average Bonchev–Trinajstić information content (AvgIpc) is 3.11. The molecule has 18 heavy (non-hydrogen) atoms. The highest BCUT2D eigenvalue weighted by Crippen LogP contribution is 2.34. The van der Waals surface area contributed by atoms with Crippen molar-refractivity contribution in [1.29, 1.82) is 0 Å². The van der Waals surface area contributed by atoms with Crippen molar-refractivity contribution in [2.45, 2.75) is 31.3 Å². The molecule has 3 atom stereocenters. The van der Waals surface area contributed by atoms with Gasteiger partial charge in [-0.1, -0.05) is 12.2 Å². The van der Waals surface area contributed by atoms with Crippen LogP contribution >= 0.6 is 0 Å². The molecule has 3 heteroatoms. The number of hydrogen-bond donors (Lipinski definition) is 1. The van der Waals surface area contributed by atoms with Crippen LogP contribution in [0.3, 0.4) is 0 Å². The second-order valence-electron chi connectivity index (χ2n) is 5.38. The third-order valence-corrected chi connectivity index (χ3v) is 4.21. The van der Waals surface area contributed by atoms with Crippen molar-refractivity contribution in [2.75, 3.05) is 0 Å². The van der Waals surface area contributed by atoms with Crippen molar-refractivity contribution in [3.8, 4) is 0 Å². The summed E-state index contributed by atoms with van der Waals surface area (Å²) in [7, 11) is 0. The number of nitrogens with one attached hydrogen (secondary N) is 1. The zero-order chi connectivity index (χ0) is 11.9. The Balaban J connectivity index is 1.56. The van der Waals surface area contributed by atoms with Crippen LogP contribution in [-0.4, -0.2) is 17.1 Å². The Labute approximate surface area is 106 Å². The van der Waals surface area contributed by atoms with E-state index >= 15 is 0 Å². The summed E-state index contributed by atoms with van der Waals surface area (Å²) in [5.74, 6) is 0.691. The van der Waals surface area contributed by atoms with Crippen LogP contribution in [0.25, 0.3) is 17.2 Å². The zero-order valence-electron chi connectivity index (χ0n) is 10.2. The number of furan rings is 1. The Morgan fingerprint density at radius 3 is 3.22 bits per heavy atom.